The number of unbranched alkanes of at least 4 members (excludes halogenated alkanes) is 1. The quantitative estimate of drug-likeness (QED) is 0.512. The molecule has 1 aliphatic heterocycles. The van der Waals surface area contributed by atoms with Crippen LogP contribution in [0.3, 0.4) is 0 Å². The average Bonchev–Trinajstić information content (AvgIpc) is 2.33. The Morgan fingerprint density at radius 1 is 1.17 bits per heavy atom. The number of carboxylic acid groups (broad SMARTS) is 2. The Morgan fingerprint density at radius 3 is 2.39 bits per heavy atom. The van der Waals surface area contributed by atoms with E-state index in [9.17, 15) is 9.59 Å². The van der Waals surface area contributed by atoms with Crippen LogP contribution in [0.15, 0.2) is 11.6 Å². The largest absolute Gasteiger partial charge is 0.478 e. The first-order valence-electron chi connectivity index (χ1n) is 6.06. The molecule has 1 fully saturated rings. The third-order valence-electron chi connectivity index (χ3n) is 2.85. The molecule has 1 heterocycles. The van der Waals surface area contributed by atoms with E-state index in [4.69, 9.17) is 14.9 Å². The lowest BCUT2D eigenvalue weighted by Gasteiger charge is -2.26. The zero-order valence-corrected chi connectivity index (χ0v) is 10.3. The van der Waals surface area contributed by atoms with Crippen LogP contribution >= 0.6 is 0 Å². The zero-order valence-electron chi connectivity index (χ0n) is 10.3. The van der Waals surface area contributed by atoms with Gasteiger partial charge in [0.05, 0.1) is 13.2 Å². The molecule has 6 heteroatoms. The van der Waals surface area contributed by atoms with Crippen molar-refractivity contribution in [1.29, 1.82) is 0 Å². The summed E-state index contributed by atoms with van der Waals surface area (Å²) in [5.41, 5.74) is -0.0375. The summed E-state index contributed by atoms with van der Waals surface area (Å²) < 4.78 is 5.23. The van der Waals surface area contributed by atoms with Gasteiger partial charge in [0.1, 0.15) is 0 Å². The predicted octanol–water partition coefficient (Wildman–Crippen LogP) is 0.585. The summed E-state index contributed by atoms with van der Waals surface area (Å²) in [5.74, 6) is -2.36. The number of carbonyl (C=O) groups is 2. The van der Waals surface area contributed by atoms with Crippen LogP contribution < -0.4 is 0 Å². The molecule has 0 unspecified atom stereocenters. The van der Waals surface area contributed by atoms with Gasteiger partial charge in [-0.2, -0.15) is 0 Å². The number of hydrogen-bond donors (Lipinski definition) is 2. The van der Waals surface area contributed by atoms with Crippen molar-refractivity contribution in [2.75, 3.05) is 32.8 Å². The van der Waals surface area contributed by atoms with Gasteiger partial charge in [-0.3, -0.25) is 4.90 Å². The summed E-state index contributed by atoms with van der Waals surface area (Å²) in [4.78, 5) is 23.5. The molecule has 1 aliphatic rings. The molecule has 0 atom stereocenters. The molecule has 0 amide bonds. The number of aliphatic carboxylic acids is 2. The van der Waals surface area contributed by atoms with Gasteiger partial charge < -0.3 is 14.9 Å². The summed E-state index contributed by atoms with van der Waals surface area (Å²) in [5, 5.41) is 17.3. The standard InChI is InChI=1S/C12H19NO5/c14-11(15)9-10(12(16)17)3-1-2-4-13-5-7-18-8-6-13/h9H,1-8H2,(H,14,15)(H,16,17)/b10-9+. The van der Waals surface area contributed by atoms with Crippen LogP contribution in [0, 0.1) is 0 Å². The summed E-state index contributed by atoms with van der Waals surface area (Å²) >= 11 is 0. The lowest BCUT2D eigenvalue weighted by molar-refractivity contribution is -0.135. The molecule has 0 bridgehead atoms. The fourth-order valence-corrected chi connectivity index (χ4v) is 1.87. The highest BCUT2D eigenvalue weighted by Gasteiger charge is 2.11. The van der Waals surface area contributed by atoms with E-state index in [1.54, 1.807) is 0 Å². The molecule has 0 spiro atoms. The van der Waals surface area contributed by atoms with Crippen molar-refractivity contribution in [3.63, 3.8) is 0 Å². The van der Waals surface area contributed by atoms with Gasteiger partial charge in [0.2, 0.25) is 0 Å². The van der Waals surface area contributed by atoms with E-state index in [-0.39, 0.29) is 5.57 Å². The Morgan fingerprint density at radius 2 is 1.83 bits per heavy atom. The van der Waals surface area contributed by atoms with Gasteiger partial charge in [-0.05, 0) is 25.8 Å². The Bertz CT molecular complexity index is 320. The Kier molecular flexibility index (Phi) is 6.38. The van der Waals surface area contributed by atoms with Crippen molar-refractivity contribution >= 4 is 11.9 Å². The monoisotopic (exact) mass is 257 g/mol. The molecule has 0 aromatic carbocycles. The first kappa shape index (κ1) is 14.7. The zero-order chi connectivity index (χ0) is 13.4. The maximum Gasteiger partial charge on any atom is 0.331 e. The van der Waals surface area contributed by atoms with E-state index in [0.717, 1.165) is 45.3 Å². The lowest BCUT2D eigenvalue weighted by Crippen LogP contribution is -2.36. The van der Waals surface area contributed by atoms with Gasteiger partial charge in [0, 0.05) is 24.7 Å². The normalized spacial score (nSPS) is 17.7. The Hall–Kier alpha value is -1.40. The van der Waals surface area contributed by atoms with Gasteiger partial charge in [0.25, 0.3) is 0 Å². The SMILES string of the molecule is O=C(O)/C=C(\CCCCN1CCOCC1)C(=O)O. The van der Waals surface area contributed by atoms with E-state index >= 15 is 0 Å². The molecular weight excluding hydrogens is 238 g/mol. The lowest BCUT2D eigenvalue weighted by atomic mass is 10.1. The van der Waals surface area contributed by atoms with E-state index in [1.807, 2.05) is 0 Å². The molecule has 1 rings (SSSR count). The molecule has 0 aliphatic carbocycles. The average molecular weight is 257 g/mol. The number of hydrogen-bond acceptors (Lipinski definition) is 4. The molecule has 0 aromatic rings. The van der Waals surface area contributed by atoms with Crippen molar-refractivity contribution in [1.82, 2.24) is 4.90 Å². The van der Waals surface area contributed by atoms with E-state index < -0.39 is 11.9 Å². The van der Waals surface area contributed by atoms with E-state index in [2.05, 4.69) is 4.90 Å². The van der Waals surface area contributed by atoms with Crippen LogP contribution in [-0.4, -0.2) is 59.9 Å². The minimum absolute atomic E-state index is 0.0375. The number of ether oxygens (including phenoxy) is 1. The van der Waals surface area contributed by atoms with Crippen LogP contribution in [-0.2, 0) is 14.3 Å². The predicted molar refractivity (Wildman–Crippen MR) is 64.5 cm³/mol. The highest BCUT2D eigenvalue weighted by molar-refractivity contribution is 5.94. The molecule has 6 nitrogen and oxygen atoms in total. The van der Waals surface area contributed by atoms with Crippen molar-refractivity contribution in [3.8, 4) is 0 Å². The van der Waals surface area contributed by atoms with Crippen LogP contribution in [0.5, 0.6) is 0 Å². The Labute approximate surface area is 106 Å². The number of carboxylic acids is 2. The number of nitrogens with zero attached hydrogens (tertiary/aromatic N) is 1. The first-order valence-corrected chi connectivity index (χ1v) is 6.06. The second-order valence-electron chi connectivity index (χ2n) is 4.22. The highest BCUT2D eigenvalue weighted by atomic mass is 16.5. The van der Waals surface area contributed by atoms with Crippen molar-refractivity contribution in [2.24, 2.45) is 0 Å². The third kappa shape index (κ3) is 5.79. The third-order valence-corrected chi connectivity index (χ3v) is 2.85. The van der Waals surface area contributed by atoms with Gasteiger partial charge in [-0.1, -0.05) is 0 Å². The molecule has 0 radical (unpaired) electrons. The molecule has 0 aromatic heterocycles. The molecule has 18 heavy (non-hydrogen) atoms. The maximum absolute atomic E-state index is 10.8. The molecule has 1 saturated heterocycles. The van der Waals surface area contributed by atoms with Gasteiger partial charge in [-0.15, -0.1) is 0 Å². The number of rotatable bonds is 7. The van der Waals surface area contributed by atoms with Crippen LogP contribution in [0.25, 0.3) is 0 Å². The van der Waals surface area contributed by atoms with E-state index in [0.29, 0.717) is 12.8 Å². The fourth-order valence-electron chi connectivity index (χ4n) is 1.87. The van der Waals surface area contributed by atoms with Crippen molar-refractivity contribution < 1.29 is 24.5 Å². The van der Waals surface area contributed by atoms with Gasteiger partial charge in [-0.25, -0.2) is 9.59 Å². The molecule has 0 saturated carbocycles. The first-order chi connectivity index (χ1) is 8.59. The van der Waals surface area contributed by atoms with Crippen LogP contribution in [0.2, 0.25) is 0 Å². The molecular formula is C12H19NO5. The summed E-state index contributed by atoms with van der Waals surface area (Å²) in [6.45, 7) is 4.23. The number of morpholine rings is 1. The smallest absolute Gasteiger partial charge is 0.331 e. The van der Waals surface area contributed by atoms with Gasteiger partial charge >= 0.3 is 11.9 Å². The van der Waals surface area contributed by atoms with Gasteiger partial charge in [0.15, 0.2) is 0 Å². The maximum atomic E-state index is 10.8. The fraction of sp³-hybridized carbons (Fsp3) is 0.667. The summed E-state index contributed by atoms with van der Waals surface area (Å²) in [7, 11) is 0. The minimum atomic E-state index is -1.21. The summed E-state index contributed by atoms with van der Waals surface area (Å²) in [6, 6.07) is 0. The Balaban J connectivity index is 2.22. The topological polar surface area (TPSA) is 87.1 Å². The molecule has 2 N–H and O–H groups in total. The van der Waals surface area contributed by atoms with Crippen LogP contribution in [0.1, 0.15) is 19.3 Å². The van der Waals surface area contributed by atoms with Crippen molar-refractivity contribution in [3.05, 3.63) is 11.6 Å². The highest BCUT2D eigenvalue weighted by Crippen LogP contribution is 2.09. The summed E-state index contributed by atoms with van der Waals surface area (Å²) in [6.07, 6.45) is 2.62. The van der Waals surface area contributed by atoms with Crippen LogP contribution in [0.4, 0.5) is 0 Å². The molecule has 102 valence electrons. The van der Waals surface area contributed by atoms with Crippen molar-refractivity contribution in [2.45, 2.75) is 19.3 Å². The second-order valence-corrected chi connectivity index (χ2v) is 4.22. The second kappa shape index (κ2) is 7.84. The minimum Gasteiger partial charge on any atom is -0.478 e. The van der Waals surface area contributed by atoms with E-state index in [1.165, 1.54) is 0 Å².